The molecular weight excluding hydrogens is 502 g/mol. The highest BCUT2D eigenvalue weighted by Gasteiger charge is 2.16. The topological polar surface area (TPSA) is 129 Å². The molecule has 0 bridgehead atoms. The molecule has 0 saturated carbocycles. The second kappa shape index (κ2) is 12.9. The van der Waals surface area contributed by atoms with Crippen molar-refractivity contribution < 1.29 is 33.6 Å². The Morgan fingerprint density at radius 1 is 0.949 bits per heavy atom. The molecule has 0 atom stereocenters. The van der Waals surface area contributed by atoms with Gasteiger partial charge in [-0.15, -0.1) is 6.42 Å². The fraction of sp³-hybridized carbons (Fsp3) is 0.172. The summed E-state index contributed by atoms with van der Waals surface area (Å²) in [7, 11) is 0. The van der Waals surface area contributed by atoms with Crippen LogP contribution in [-0.4, -0.2) is 53.4 Å². The maximum Gasteiger partial charge on any atom is 0.342 e. The lowest BCUT2D eigenvalue weighted by molar-refractivity contribution is -0.131. The summed E-state index contributed by atoms with van der Waals surface area (Å²) in [6.07, 6.45) is 6.92. The lowest BCUT2D eigenvalue weighted by Crippen LogP contribution is -2.15. The quantitative estimate of drug-likeness (QED) is 0.128. The molecule has 4 aromatic rings. The van der Waals surface area contributed by atoms with Crippen LogP contribution in [0.5, 0.6) is 17.2 Å². The van der Waals surface area contributed by atoms with Crippen molar-refractivity contribution >= 4 is 34.3 Å². The molecule has 3 aromatic carbocycles. The van der Waals surface area contributed by atoms with Gasteiger partial charge < -0.3 is 29.4 Å². The number of aliphatic hydroxyl groups excluding tert-OH is 1. The van der Waals surface area contributed by atoms with Crippen LogP contribution in [0.1, 0.15) is 22.8 Å². The van der Waals surface area contributed by atoms with E-state index in [0.29, 0.717) is 28.2 Å². The lowest BCUT2D eigenvalue weighted by Gasteiger charge is -2.15. The van der Waals surface area contributed by atoms with Crippen LogP contribution in [0.15, 0.2) is 67.0 Å². The Hall–Kier alpha value is -5.14. The number of esters is 2. The molecule has 4 rings (SSSR count). The van der Waals surface area contributed by atoms with Gasteiger partial charge in [0, 0.05) is 29.6 Å². The monoisotopic (exact) mass is 527 g/mol. The van der Waals surface area contributed by atoms with Gasteiger partial charge in [0.25, 0.3) is 0 Å². The van der Waals surface area contributed by atoms with E-state index >= 15 is 0 Å². The summed E-state index contributed by atoms with van der Waals surface area (Å²) in [6, 6.07) is 17.0. The fourth-order valence-electron chi connectivity index (χ4n) is 3.61. The molecule has 0 unspecified atom stereocenters. The zero-order chi connectivity index (χ0) is 27.6. The number of ether oxygens (including phenoxy) is 4. The second-order valence-corrected chi connectivity index (χ2v) is 8.03. The number of carbonyl (C=O) groups excluding carboxylic acids is 2. The predicted octanol–water partition coefficient (Wildman–Crippen LogP) is 3.89. The molecule has 1 heterocycles. The van der Waals surface area contributed by atoms with E-state index in [1.54, 1.807) is 24.3 Å². The summed E-state index contributed by atoms with van der Waals surface area (Å²) in [5.74, 6) is 2.70. The summed E-state index contributed by atoms with van der Waals surface area (Å²) in [5, 5.41) is 13.2. The Bertz CT molecular complexity index is 1530. The molecule has 0 amide bonds. The van der Waals surface area contributed by atoms with Crippen LogP contribution in [0, 0.1) is 12.3 Å². The molecule has 0 aliphatic rings. The van der Waals surface area contributed by atoms with Gasteiger partial charge in [-0.2, -0.15) is 0 Å². The number of rotatable bonds is 11. The number of fused-ring (bicyclic) bond motifs is 1. The first kappa shape index (κ1) is 26.9. The van der Waals surface area contributed by atoms with Gasteiger partial charge in [0.2, 0.25) is 0 Å². The van der Waals surface area contributed by atoms with Crippen LogP contribution in [0.2, 0.25) is 0 Å². The molecule has 10 nitrogen and oxygen atoms in total. The van der Waals surface area contributed by atoms with Crippen molar-refractivity contribution in [3.63, 3.8) is 0 Å². The highest BCUT2D eigenvalue weighted by atomic mass is 16.6. The molecule has 0 fully saturated rings. The average Bonchev–Trinajstić information content (AvgIpc) is 2.94. The number of para-hydroxylation sites is 1. The van der Waals surface area contributed by atoms with E-state index in [2.05, 4.69) is 21.2 Å². The third-order valence-corrected chi connectivity index (χ3v) is 5.28. The van der Waals surface area contributed by atoms with E-state index in [1.165, 1.54) is 25.4 Å². The largest absolute Gasteiger partial charge is 0.487 e. The third kappa shape index (κ3) is 7.00. The number of nitrogens with one attached hydrogen (secondary N) is 1. The molecular formula is C29H25N3O7. The van der Waals surface area contributed by atoms with Crippen LogP contribution in [0.4, 0.5) is 11.5 Å². The van der Waals surface area contributed by atoms with E-state index < -0.39 is 11.9 Å². The Morgan fingerprint density at radius 2 is 1.74 bits per heavy atom. The molecule has 1 aromatic heterocycles. The van der Waals surface area contributed by atoms with E-state index in [9.17, 15) is 14.7 Å². The van der Waals surface area contributed by atoms with Gasteiger partial charge in [0.05, 0.1) is 12.1 Å². The third-order valence-electron chi connectivity index (χ3n) is 5.28. The highest BCUT2D eigenvalue weighted by Crippen LogP contribution is 2.35. The van der Waals surface area contributed by atoms with Crippen molar-refractivity contribution in [3.8, 4) is 29.6 Å². The van der Waals surface area contributed by atoms with Gasteiger partial charge in [-0.25, -0.2) is 14.8 Å². The number of nitrogens with zero attached hydrogens (tertiary/aromatic N) is 2. The Balaban J connectivity index is 1.49. The summed E-state index contributed by atoms with van der Waals surface area (Å²) in [5.41, 5.74) is 2.16. The molecule has 198 valence electrons. The van der Waals surface area contributed by atoms with Crippen LogP contribution in [-0.2, 0) is 9.53 Å². The first-order valence-corrected chi connectivity index (χ1v) is 11.9. The minimum atomic E-state index is -0.664. The van der Waals surface area contributed by atoms with Crippen molar-refractivity contribution in [1.29, 1.82) is 0 Å². The number of hydrogen-bond acceptors (Lipinski definition) is 10. The number of hydrogen-bond donors (Lipinski definition) is 2. The van der Waals surface area contributed by atoms with Gasteiger partial charge in [-0.1, -0.05) is 24.1 Å². The standard InChI is InChI=1S/C29H25N3O7/c1-3-20-7-6-8-21(15-20)32-28-23-16-26(36-12-11-33)27(17-24(23)30-18-31-28)37-13-14-38-29(35)22-9-4-5-10-25(22)39-19(2)34/h1,4-10,15-18,33H,11-14H2,2H3,(H,30,31,32). The minimum Gasteiger partial charge on any atom is -0.487 e. The maximum atomic E-state index is 12.5. The van der Waals surface area contributed by atoms with Gasteiger partial charge in [-0.3, -0.25) is 4.79 Å². The van der Waals surface area contributed by atoms with Gasteiger partial charge in [0.15, 0.2) is 11.5 Å². The zero-order valence-corrected chi connectivity index (χ0v) is 21.0. The molecule has 0 aliphatic heterocycles. The van der Waals surface area contributed by atoms with Crippen molar-refractivity contribution in [2.45, 2.75) is 6.92 Å². The summed E-state index contributed by atoms with van der Waals surface area (Å²) in [4.78, 5) is 32.5. The van der Waals surface area contributed by atoms with E-state index in [-0.39, 0.29) is 37.7 Å². The van der Waals surface area contributed by atoms with Crippen molar-refractivity contribution in [3.05, 3.63) is 78.1 Å². The predicted molar refractivity (Wildman–Crippen MR) is 143 cm³/mol. The summed E-state index contributed by atoms with van der Waals surface area (Å²) < 4.78 is 21.9. The fourth-order valence-corrected chi connectivity index (χ4v) is 3.61. The summed E-state index contributed by atoms with van der Waals surface area (Å²) in [6.45, 7) is 0.984. The van der Waals surface area contributed by atoms with Crippen molar-refractivity contribution in [2.75, 3.05) is 31.7 Å². The SMILES string of the molecule is C#Cc1cccc(Nc2ncnc3cc(OCCOC(=O)c4ccccc4OC(C)=O)c(OCCO)cc23)c1. The molecule has 10 heteroatoms. The maximum absolute atomic E-state index is 12.5. The number of anilines is 2. The van der Waals surface area contributed by atoms with Gasteiger partial charge in [0.1, 0.15) is 43.3 Å². The van der Waals surface area contributed by atoms with Crippen LogP contribution in [0.3, 0.4) is 0 Å². The first-order chi connectivity index (χ1) is 19.0. The number of aromatic nitrogens is 2. The molecule has 0 aliphatic carbocycles. The van der Waals surface area contributed by atoms with E-state index in [4.69, 9.17) is 25.4 Å². The van der Waals surface area contributed by atoms with Crippen molar-refractivity contribution in [1.82, 2.24) is 9.97 Å². The zero-order valence-electron chi connectivity index (χ0n) is 21.0. The Kier molecular flexibility index (Phi) is 8.90. The minimum absolute atomic E-state index is 0.00244. The Morgan fingerprint density at radius 3 is 2.54 bits per heavy atom. The number of benzene rings is 3. The second-order valence-electron chi connectivity index (χ2n) is 8.03. The highest BCUT2D eigenvalue weighted by molar-refractivity contribution is 5.94. The van der Waals surface area contributed by atoms with Gasteiger partial charge >= 0.3 is 11.9 Å². The van der Waals surface area contributed by atoms with E-state index in [0.717, 1.165) is 11.3 Å². The average molecular weight is 528 g/mol. The molecule has 39 heavy (non-hydrogen) atoms. The molecule has 0 saturated heterocycles. The lowest BCUT2D eigenvalue weighted by atomic mass is 10.2. The van der Waals surface area contributed by atoms with Crippen LogP contribution < -0.4 is 19.5 Å². The van der Waals surface area contributed by atoms with Gasteiger partial charge in [-0.05, 0) is 36.4 Å². The van der Waals surface area contributed by atoms with E-state index in [1.807, 2.05) is 24.3 Å². The first-order valence-electron chi connectivity index (χ1n) is 11.9. The number of aliphatic hydroxyl groups is 1. The number of terminal acetylenes is 1. The molecule has 0 radical (unpaired) electrons. The number of carbonyl (C=O) groups is 2. The smallest absolute Gasteiger partial charge is 0.342 e. The molecule has 0 spiro atoms. The normalized spacial score (nSPS) is 10.4. The van der Waals surface area contributed by atoms with Crippen LogP contribution in [0.25, 0.3) is 10.9 Å². The Labute approximate surface area is 224 Å². The molecule has 2 N–H and O–H groups in total. The summed E-state index contributed by atoms with van der Waals surface area (Å²) >= 11 is 0. The van der Waals surface area contributed by atoms with Crippen molar-refractivity contribution in [2.24, 2.45) is 0 Å². The van der Waals surface area contributed by atoms with Crippen LogP contribution >= 0.6 is 0 Å².